The van der Waals surface area contributed by atoms with Crippen molar-refractivity contribution in [3.8, 4) is 11.5 Å². The van der Waals surface area contributed by atoms with Gasteiger partial charge in [-0.3, -0.25) is 5.43 Å². The lowest BCUT2D eigenvalue weighted by Crippen LogP contribution is -2.15. The van der Waals surface area contributed by atoms with Gasteiger partial charge in [0, 0.05) is 0 Å². The van der Waals surface area contributed by atoms with Crippen molar-refractivity contribution in [2.45, 2.75) is 13.1 Å². The van der Waals surface area contributed by atoms with Gasteiger partial charge in [0.25, 0.3) is 0 Å². The number of hydrogen-bond donors (Lipinski definition) is 1. The van der Waals surface area contributed by atoms with Gasteiger partial charge in [0.1, 0.15) is 0 Å². The Labute approximate surface area is 170 Å². The molecule has 0 aromatic heterocycles. The van der Waals surface area contributed by atoms with Gasteiger partial charge >= 0.3 is 12.1 Å². The Bertz CT molecular complexity index is 888. The summed E-state index contributed by atoms with van der Waals surface area (Å²) in [7, 11) is 1.39. The fourth-order valence-electron chi connectivity index (χ4n) is 2.23. The predicted molar refractivity (Wildman–Crippen MR) is 103 cm³/mol. The Morgan fingerprint density at radius 3 is 2.69 bits per heavy atom. The molecule has 2 aromatic carbocycles. The van der Waals surface area contributed by atoms with E-state index in [1.807, 2.05) is 0 Å². The zero-order valence-corrected chi connectivity index (χ0v) is 16.3. The van der Waals surface area contributed by atoms with Crippen molar-refractivity contribution in [2.75, 3.05) is 25.7 Å². The summed E-state index contributed by atoms with van der Waals surface area (Å²) in [5.74, 6) is -0.144. The molecule has 0 bridgehead atoms. The first-order valence-corrected chi connectivity index (χ1v) is 8.74. The van der Waals surface area contributed by atoms with Crippen LogP contribution in [0, 0.1) is 0 Å². The molecule has 2 rings (SSSR count). The molecular formula is C19H18ClF3N2O4. The van der Waals surface area contributed by atoms with Crippen molar-refractivity contribution >= 4 is 29.5 Å². The number of nitrogens with one attached hydrogen (secondary N) is 1. The predicted octanol–water partition coefficient (Wildman–Crippen LogP) is 4.76. The second-order valence-corrected chi connectivity index (χ2v) is 5.98. The number of methoxy groups -OCH3 is 1. The Hall–Kier alpha value is -2.94. The zero-order chi connectivity index (χ0) is 21.4. The molecule has 156 valence electrons. The summed E-state index contributed by atoms with van der Waals surface area (Å²) >= 11 is 6.18. The maximum absolute atomic E-state index is 12.7. The third-order valence-electron chi connectivity index (χ3n) is 3.49. The van der Waals surface area contributed by atoms with E-state index in [9.17, 15) is 18.0 Å². The molecule has 29 heavy (non-hydrogen) atoms. The summed E-state index contributed by atoms with van der Waals surface area (Å²) in [6, 6.07) is 7.68. The number of ether oxygens (including phenoxy) is 3. The van der Waals surface area contributed by atoms with Gasteiger partial charge in [0.2, 0.25) is 0 Å². The summed E-state index contributed by atoms with van der Waals surface area (Å²) in [5, 5.41) is 4.07. The fraction of sp³-hybridized carbons (Fsp3) is 0.263. The van der Waals surface area contributed by atoms with Crippen molar-refractivity contribution in [2.24, 2.45) is 5.10 Å². The SMILES string of the molecule is CCOC(=O)COc1c(Cl)cc(C=NNc2cccc(C(F)(F)F)c2)cc1OC. The van der Waals surface area contributed by atoms with Crippen LogP contribution in [0.4, 0.5) is 18.9 Å². The highest BCUT2D eigenvalue weighted by molar-refractivity contribution is 6.32. The molecule has 2 aromatic rings. The first-order chi connectivity index (χ1) is 13.7. The topological polar surface area (TPSA) is 69.2 Å². The zero-order valence-electron chi connectivity index (χ0n) is 15.5. The number of hydrogen-bond acceptors (Lipinski definition) is 6. The van der Waals surface area contributed by atoms with E-state index in [0.29, 0.717) is 5.56 Å². The number of rotatable bonds is 8. The Morgan fingerprint density at radius 1 is 1.28 bits per heavy atom. The van der Waals surface area contributed by atoms with Crippen LogP contribution >= 0.6 is 11.6 Å². The van der Waals surface area contributed by atoms with E-state index in [1.165, 1.54) is 31.5 Å². The third-order valence-corrected chi connectivity index (χ3v) is 3.77. The molecule has 10 heteroatoms. The maximum atomic E-state index is 12.7. The molecule has 0 amide bonds. The molecule has 0 atom stereocenters. The van der Waals surface area contributed by atoms with Crippen LogP contribution in [0.15, 0.2) is 41.5 Å². The minimum absolute atomic E-state index is 0.158. The summed E-state index contributed by atoms with van der Waals surface area (Å²) in [6.45, 7) is 1.56. The van der Waals surface area contributed by atoms with Gasteiger partial charge in [-0.2, -0.15) is 18.3 Å². The second-order valence-electron chi connectivity index (χ2n) is 5.58. The number of carbonyl (C=O) groups excluding carboxylic acids is 1. The summed E-state index contributed by atoms with van der Waals surface area (Å²) in [4.78, 5) is 11.4. The van der Waals surface area contributed by atoms with E-state index in [0.717, 1.165) is 12.1 Å². The van der Waals surface area contributed by atoms with Crippen molar-refractivity contribution in [1.82, 2.24) is 0 Å². The van der Waals surface area contributed by atoms with Gasteiger partial charge in [-0.25, -0.2) is 4.79 Å². The average molecular weight is 431 g/mol. The van der Waals surface area contributed by atoms with Gasteiger partial charge in [-0.1, -0.05) is 17.7 Å². The van der Waals surface area contributed by atoms with Gasteiger partial charge in [0.05, 0.1) is 36.2 Å². The Morgan fingerprint density at radius 2 is 2.03 bits per heavy atom. The summed E-state index contributed by atoms with van der Waals surface area (Å²) in [5.41, 5.74) is 2.40. The van der Waals surface area contributed by atoms with E-state index in [2.05, 4.69) is 10.5 Å². The van der Waals surface area contributed by atoms with Gasteiger partial charge < -0.3 is 14.2 Å². The smallest absolute Gasteiger partial charge is 0.416 e. The number of hydrazone groups is 1. The first-order valence-electron chi connectivity index (χ1n) is 8.37. The molecule has 1 N–H and O–H groups in total. The number of anilines is 1. The number of nitrogens with zero attached hydrogens (tertiary/aromatic N) is 1. The van der Waals surface area contributed by atoms with Gasteiger partial charge in [-0.15, -0.1) is 0 Å². The Balaban J connectivity index is 2.11. The van der Waals surface area contributed by atoms with Gasteiger partial charge in [0.15, 0.2) is 18.1 Å². The highest BCUT2D eigenvalue weighted by atomic mass is 35.5. The van der Waals surface area contributed by atoms with Crippen LogP contribution in [0.25, 0.3) is 0 Å². The Kier molecular flexibility index (Phi) is 7.72. The molecule has 0 aliphatic carbocycles. The molecule has 6 nitrogen and oxygen atoms in total. The lowest BCUT2D eigenvalue weighted by molar-refractivity contribution is -0.145. The van der Waals surface area contributed by atoms with Crippen LogP contribution in [-0.4, -0.2) is 32.5 Å². The monoisotopic (exact) mass is 430 g/mol. The van der Waals surface area contributed by atoms with Crippen LogP contribution in [0.3, 0.4) is 0 Å². The quantitative estimate of drug-likeness (QED) is 0.371. The molecule has 0 aliphatic heterocycles. The molecule has 0 spiro atoms. The van der Waals surface area contributed by atoms with E-state index in [-0.39, 0.29) is 35.4 Å². The van der Waals surface area contributed by atoms with Crippen LogP contribution in [0.1, 0.15) is 18.1 Å². The van der Waals surface area contributed by atoms with Crippen molar-refractivity contribution in [1.29, 1.82) is 0 Å². The molecule has 0 heterocycles. The minimum atomic E-state index is -4.44. The molecule has 0 fully saturated rings. The normalized spacial score (nSPS) is 11.4. The number of benzene rings is 2. The molecule has 0 saturated carbocycles. The van der Waals surface area contributed by atoms with Gasteiger partial charge in [-0.05, 0) is 42.8 Å². The fourth-order valence-corrected chi connectivity index (χ4v) is 2.51. The van der Waals surface area contributed by atoms with Crippen molar-refractivity contribution in [3.05, 3.63) is 52.5 Å². The number of halogens is 4. The molecule has 0 saturated heterocycles. The van der Waals surface area contributed by atoms with Crippen LogP contribution < -0.4 is 14.9 Å². The molecular weight excluding hydrogens is 413 g/mol. The second kappa shape index (κ2) is 10.0. The van der Waals surface area contributed by atoms with Crippen LogP contribution in [-0.2, 0) is 15.7 Å². The lowest BCUT2D eigenvalue weighted by Gasteiger charge is -2.12. The van der Waals surface area contributed by atoms with E-state index < -0.39 is 17.7 Å². The average Bonchev–Trinajstić information content (AvgIpc) is 2.66. The number of carbonyl (C=O) groups is 1. The van der Waals surface area contributed by atoms with E-state index in [1.54, 1.807) is 13.0 Å². The number of esters is 1. The molecule has 0 aliphatic rings. The van der Waals surface area contributed by atoms with Crippen molar-refractivity contribution in [3.63, 3.8) is 0 Å². The summed E-state index contributed by atoms with van der Waals surface area (Å²) in [6.07, 6.45) is -3.09. The van der Waals surface area contributed by atoms with E-state index in [4.69, 9.17) is 25.8 Å². The standard InChI is InChI=1S/C19H18ClF3N2O4/c1-3-28-17(26)11-29-18-15(20)7-12(8-16(18)27-2)10-24-25-14-6-4-5-13(9-14)19(21,22)23/h4-10,25H,3,11H2,1-2H3. The first kappa shape index (κ1) is 22.4. The minimum Gasteiger partial charge on any atom is -0.493 e. The number of alkyl halides is 3. The third kappa shape index (κ3) is 6.56. The maximum Gasteiger partial charge on any atom is 0.416 e. The van der Waals surface area contributed by atoms with Crippen LogP contribution in [0.2, 0.25) is 5.02 Å². The molecule has 0 unspecified atom stereocenters. The van der Waals surface area contributed by atoms with Crippen molar-refractivity contribution < 1.29 is 32.2 Å². The largest absolute Gasteiger partial charge is 0.493 e. The highest BCUT2D eigenvalue weighted by Crippen LogP contribution is 2.36. The van der Waals surface area contributed by atoms with Crippen LogP contribution in [0.5, 0.6) is 11.5 Å². The lowest BCUT2D eigenvalue weighted by atomic mass is 10.2. The highest BCUT2D eigenvalue weighted by Gasteiger charge is 2.30. The summed E-state index contributed by atoms with van der Waals surface area (Å²) < 4.78 is 53.6. The van der Waals surface area contributed by atoms with E-state index >= 15 is 0 Å². The molecule has 0 radical (unpaired) electrons.